The van der Waals surface area contributed by atoms with Crippen LogP contribution in [0.4, 0.5) is 8.78 Å². The molecule has 0 spiro atoms. The van der Waals surface area contributed by atoms with Gasteiger partial charge < -0.3 is 14.7 Å². The molecular weight excluding hydrogens is 466 g/mol. The maximum Gasteiger partial charge on any atom is 0.309 e. The smallest absolute Gasteiger partial charge is 0.309 e. The summed E-state index contributed by atoms with van der Waals surface area (Å²) < 4.78 is 33.0. The van der Waals surface area contributed by atoms with Crippen molar-refractivity contribution >= 4 is 11.9 Å². The van der Waals surface area contributed by atoms with Gasteiger partial charge in [0.15, 0.2) is 11.6 Å². The lowest BCUT2D eigenvalue weighted by Gasteiger charge is -2.30. The predicted molar refractivity (Wildman–Crippen MR) is 134 cm³/mol. The van der Waals surface area contributed by atoms with E-state index < -0.39 is 35.5 Å². The highest BCUT2D eigenvalue weighted by Gasteiger charge is 2.48. The largest absolute Gasteiger partial charge is 0.497 e. The van der Waals surface area contributed by atoms with Crippen LogP contribution in [0.3, 0.4) is 0 Å². The van der Waals surface area contributed by atoms with Crippen molar-refractivity contribution in [2.45, 2.75) is 51.5 Å². The van der Waals surface area contributed by atoms with E-state index in [0.29, 0.717) is 24.4 Å². The van der Waals surface area contributed by atoms with E-state index in [4.69, 9.17) is 4.74 Å². The summed E-state index contributed by atoms with van der Waals surface area (Å²) in [6, 6.07) is 10.0. The average molecular weight is 503 g/mol. The van der Waals surface area contributed by atoms with Gasteiger partial charge in [0.1, 0.15) is 5.75 Å². The number of hydrogen-bond acceptors (Lipinski definition) is 4. The van der Waals surface area contributed by atoms with Crippen LogP contribution in [0.5, 0.6) is 5.75 Å². The monoisotopic (exact) mass is 502 g/mol. The molecule has 0 aromatic heterocycles. The number of aliphatic carboxylic acids is 1. The molecule has 1 amide bonds. The van der Waals surface area contributed by atoms with Gasteiger partial charge in [0.2, 0.25) is 5.91 Å². The van der Waals surface area contributed by atoms with Gasteiger partial charge in [0.25, 0.3) is 0 Å². The van der Waals surface area contributed by atoms with Crippen LogP contribution in [0, 0.1) is 17.6 Å². The molecule has 3 rings (SSSR count). The molecule has 2 aromatic rings. The molecule has 1 N–H and O–H groups in total. The molecule has 0 bridgehead atoms. The molecule has 1 aliphatic rings. The molecule has 0 radical (unpaired) electrons. The molecule has 1 fully saturated rings. The molecule has 0 unspecified atom stereocenters. The Morgan fingerprint density at radius 2 is 1.61 bits per heavy atom. The number of halogens is 2. The van der Waals surface area contributed by atoms with Crippen LogP contribution < -0.4 is 4.74 Å². The number of rotatable bonds is 12. The lowest BCUT2D eigenvalue weighted by atomic mass is 9.83. The van der Waals surface area contributed by atoms with Crippen LogP contribution in [0.2, 0.25) is 0 Å². The Labute approximate surface area is 211 Å². The SMILES string of the molecule is CCCCN(CCCC)C(=O)CN1C[C@H](c2ccc(F)c(F)c2)[C@H](C(=O)O)[C@H]1c1ccc(OC)cc1. The van der Waals surface area contributed by atoms with Gasteiger partial charge in [0.05, 0.1) is 19.6 Å². The summed E-state index contributed by atoms with van der Waals surface area (Å²) in [7, 11) is 1.55. The first-order chi connectivity index (χ1) is 17.3. The van der Waals surface area contributed by atoms with E-state index in [-0.39, 0.29) is 19.0 Å². The van der Waals surface area contributed by atoms with Gasteiger partial charge in [-0.1, -0.05) is 44.9 Å². The number of methoxy groups -OCH3 is 1. The van der Waals surface area contributed by atoms with Gasteiger partial charge in [0, 0.05) is 31.6 Å². The average Bonchev–Trinajstić information content (AvgIpc) is 3.25. The van der Waals surface area contributed by atoms with Crippen LogP contribution >= 0.6 is 0 Å². The second kappa shape index (κ2) is 12.8. The summed E-state index contributed by atoms with van der Waals surface area (Å²) in [5.74, 6) is -4.02. The highest BCUT2D eigenvalue weighted by molar-refractivity contribution is 5.79. The minimum atomic E-state index is -1.05. The van der Waals surface area contributed by atoms with E-state index in [2.05, 4.69) is 13.8 Å². The number of likely N-dealkylation sites (tertiary alicyclic amines) is 1. The van der Waals surface area contributed by atoms with Crippen molar-refractivity contribution in [1.82, 2.24) is 9.80 Å². The Morgan fingerprint density at radius 3 is 2.14 bits per heavy atom. The molecule has 196 valence electrons. The number of hydrogen-bond donors (Lipinski definition) is 1. The Balaban J connectivity index is 1.98. The molecule has 1 saturated heterocycles. The fourth-order valence-electron chi connectivity index (χ4n) is 5.00. The molecule has 6 nitrogen and oxygen atoms in total. The zero-order valence-electron chi connectivity index (χ0n) is 21.3. The molecular formula is C28H36F2N2O4. The summed E-state index contributed by atoms with van der Waals surface area (Å²) >= 11 is 0. The van der Waals surface area contributed by atoms with Crippen LogP contribution in [-0.2, 0) is 9.59 Å². The van der Waals surface area contributed by atoms with Gasteiger partial charge >= 0.3 is 5.97 Å². The number of ether oxygens (including phenoxy) is 1. The topological polar surface area (TPSA) is 70.1 Å². The third kappa shape index (κ3) is 6.40. The van der Waals surface area contributed by atoms with Gasteiger partial charge in [-0.25, -0.2) is 8.78 Å². The van der Waals surface area contributed by atoms with Crippen molar-refractivity contribution in [3.05, 3.63) is 65.2 Å². The van der Waals surface area contributed by atoms with E-state index in [0.717, 1.165) is 43.4 Å². The number of carbonyl (C=O) groups excluding carboxylic acids is 1. The van der Waals surface area contributed by atoms with E-state index >= 15 is 0 Å². The lowest BCUT2D eigenvalue weighted by molar-refractivity contribution is -0.144. The second-order valence-electron chi connectivity index (χ2n) is 9.38. The summed E-state index contributed by atoms with van der Waals surface area (Å²) in [6.07, 6.45) is 3.72. The number of carbonyl (C=O) groups is 2. The number of carboxylic acid groups (broad SMARTS) is 1. The van der Waals surface area contributed by atoms with Crippen LogP contribution in [-0.4, -0.2) is 60.1 Å². The molecule has 1 aliphatic heterocycles. The van der Waals surface area contributed by atoms with Crippen molar-refractivity contribution in [2.75, 3.05) is 33.3 Å². The minimum Gasteiger partial charge on any atom is -0.497 e. The molecule has 0 saturated carbocycles. The van der Waals surface area contributed by atoms with Gasteiger partial charge in [-0.2, -0.15) is 0 Å². The lowest BCUT2D eigenvalue weighted by Crippen LogP contribution is -2.42. The van der Waals surface area contributed by atoms with Crippen molar-refractivity contribution in [3.63, 3.8) is 0 Å². The van der Waals surface area contributed by atoms with Crippen LogP contribution in [0.15, 0.2) is 42.5 Å². The first-order valence-corrected chi connectivity index (χ1v) is 12.6. The van der Waals surface area contributed by atoms with E-state index in [9.17, 15) is 23.5 Å². The minimum absolute atomic E-state index is 0.0497. The quantitative estimate of drug-likeness (QED) is 0.430. The third-order valence-electron chi connectivity index (χ3n) is 6.97. The zero-order valence-corrected chi connectivity index (χ0v) is 21.3. The maximum atomic E-state index is 14.1. The Kier molecular flexibility index (Phi) is 9.81. The molecule has 0 aliphatic carbocycles. The predicted octanol–water partition coefficient (Wildman–Crippen LogP) is 5.24. The van der Waals surface area contributed by atoms with Gasteiger partial charge in [-0.3, -0.25) is 14.5 Å². The zero-order chi connectivity index (χ0) is 26.2. The summed E-state index contributed by atoms with van der Waals surface area (Å²) in [6.45, 7) is 5.75. The molecule has 3 atom stereocenters. The fraction of sp³-hybridized carbons (Fsp3) is 0.500. The van der Waals surface area contributed by atoms with E-state index in [1.807, 2.05) is 9.80 Å². The normalized spacial score (nSPS) is 19.9. The van der Waals surface area contributed by atoms with Gasteiger partial charge in [-0.15, -0.1) is 0 Å². The van der Waals surface area contributed by atoms with Crippen molar-refractivity contribution < 1.29 is 28.2 Å². The number of nitrogens with zero attached hydrogens (tertiary/aromatic N) is 2. The maximum absolute atomic E-state index is 14.1. The Morgan fingerprint density at radius 1 is 1.00 bits per heavy atom. The molecule has 36 heavy (non-hydrogen) atoms. The number of unbranched alkanes of at least 4 members (excludes halogenated alkanes) is 2. The number of carboxylic acids is 1. The van der Waals surface area contributed by atoms with E-state index in [1.54, 1.807) is 31.4 Å². The van der Waals surface area contributed by atoms with Crippen molar-refractivity contribution in [2.24, 2.45) is 5.92 Å². The molecule has 1 heterocycles. The first kappa shape index (κ1) is 27.6. The number of amides is 1. The first-order valence-electron chi connectivity index (χ1n) is 12.6. The third-order valence-corrected chi connectivity index (χ3v) is 6.97. The second-order valence-corrected chi connectivity index (χ2v) is 9.38. The highest BCUT2D eigenvalue weighted by Crippen LogP contribution is 2.46. The molecule has 2 aromatic carbocycles. The summed E-state index contributed by atoms with van der Waals surface area (Å²) in [5, 5.41) is 10.3. The van der Waals surface area contributed by atoms with Crippen LogP contribution in [0.1, 0.15) is 62.6 Å². The van der Waals surface area contributed by atoms with Crippen molar-refractivity contribution in [1.29, 1.82) is 0 Å². The van der Waals surface area contributed by atoms with E-state index in [1.165, 1.54) is 6.07 Å². The standard InChI is InChI=1S/C28H36F2N2O4/c1-4-6-14-31(15-7-5-2)25(33)18-32-17-22(20-10-13-23(29)24(30)16-20)26(28(34)35)27(32)19-8-11-21(36-3)12-9-19/h8-13,16,22,26-27H,4-7,14-15,17-18H2,1-3H3,(H,34,35)/t22-,26+,27-/m1/s1. The Hall–Kier alpha value is -3.00. The fourth-order valence-corrected chi connectivity index (χ4v) is 5.00. The Bertz CT molecular complexity index is 1020. The van der Waals surface area contributed by atoms with Crippen LogP contribution in [0.25, 0.3) is 0 Å². The summed E-state index contributed by atoms with van der Waals surface area (Å²) in [4.78, 5) is 29.7. The highest BCUT2D eigenvalue weighted by atomic mass is 19.2. The van der Waals surface area contributed by atoms with Crippen molar-refractivity contribution in [3.8, 4) is 5.75 Å². The summed E-state index contributed by atoms with van der Waals surface area (Å²) in [5.41, 5.74) is 1.14. The molecule has 8 heteroatoms. The van der Waals surface area contributed by atoms with Gasteiger partial charge in [-0.05, 0) is 48.2 Å². The number of benzene rings is 2.